The molecule has 6 nitrogen and oxygen atoms in total. The van der Waals surface area contributed by atoms with Crippen LogP contribution in [0.15, 0.2) is 42.5 Å². The summed E-state index contributed by atoms with van der Waals surface area (Å²) in [6, 6.07) is 12.5. The van der Waals surface area contributed by atoms with Crippen LogP contribution in [-0.2, 0) is 0 Å². The number of nitrogens with one attached hydrogen (secondary N) is 1. The Balaban J connectivity index is 1.93. The predicted octanol–water partition coefficient (Wildman–Crippen LogP) is 3.17. The van der Waals surface area contributed by atoms with Gasteiger partial charge in [-0.15, -0.1) is 10.2 Å². The molecule has 0 saturated carbocycles. The molecule has 1 heterocycles. The van der Waals surface area contributed by atoms with Crippen molar-refractivity contribution >= 4 is 34.4 Å². The van der Waals surface area contributed by atoms with Crippen LogP contribution < -0.4 is 5.32 Å². The first kappa shape index (κ1) is 14.3. The quantitative estimate of drug-likeness (QED) is 0.790. The number of aromatic nitrogens is 3. The second kappa shape index (κ2) is 5.65. The standard InChI is InChI=1S/C15H14ClN5O/c1-20(2)15(22)17-11-5-8-13-14(9-11)19-21(18-13)12-6-3-10(16)4-7-12/h3-9H,1-2H3,(H,17,22). The van der Waals surface area contributed by atoms with Crippen molar-refractivity contribution in [3.05, 3.63) is 47.5 Å². The summed E-state index contributed by atoms with van der Waals surface area (Å²) in [6.07, 6.45) is 0. The van der Waals surface area contributed by atoms with E-state index < -0.39 is 0 Å². The van der Waals surface area contributed by atoms with Crippen molar-refractivity contribution in [3.63, 3.8) is 0 Å². The van der Waals surface area contributed by atoms with Crippen LogP contribution in [0.3, 0.4) is 0 Å². The molecular weight excluding hydrogens is 302 g/mol. The smallest absolute Gasteiger partial charge is 0.321 e. The molecule has 1 N–H and O–H groups in total. The fourth-order valence-electron chi connectivity index (χ4n) is 1.92. The van der Waals surface area contributed by atoms with Gasteiger partial charge in [-0.25, -0.2) is 4.79 Å². The summed E-state index contributed by atoms with van der Waals surface area (Å²) in [7, 11) is 3.37. The molecule has 0 unspecified atom stereocenters. The second-order valence-electron chi connectivity index (χ2n) is 4.99. The molecule has 0 atom stereocenters. The number of fused-ring (bicyclic) bond motifs is 1. The largest absolute Gasteiger partial charge is 0.331 e. The number of carbonyl (C=O) groups excluding carboxylic acids is 1. The van der Waals surface area contributed by atoms with E-state index in [2.05, 4.69) is 15.5 Å². The van der Waals surface area contributed by atoms with E-state index in [9.17, 15) is 4.79 Å². The van der Waals surface area contributed by atoms with Crippen molar-refractivity contribution in [3.8, 4) is 5.69 Å². The lowest BCUT2D eigenvalue weighted by atomic mass is 10.3. The molecule has 1 aromatic heterocycles. The lowest BCUT2D eigenvalue weighted by Gasteiger charge is -2.11. The number of nitrogens with zero attached hydrogens (tertiary/aromatic N) is 4. The first-order chi connectivity index (χ1) is 10.5. The molecule has 3 aromatic rings. The van der Waals surface area contributed by atoms with Crippen LogP contribution in [0, 0.1) is 0 Å². The topological polar surface area (TPSA) is 63.1 Å². The Labute approximate surface area is 132 Å². The molecule has 3 rings (SSSR count). The zero-order chi connectivity index (χ0) is 15.7. The van der Waals surface area contributed by atoms with Gasteiger partial charge in [-0.3, -0.25) is 0 Å². The number of anilines is 1. The van der Waals surface area contributed by atoms with Gasteiger partial charge < -0.3 is 10.2 Å². The van der Waals surface area contributed by atoms with Gasteiger partial charge in [0.05, 0.1) is 5.69 Å². The average molecular weight is 316 g/mol. The highest BCUT2D eigenvalue weighted by Gasteiger charge is 2.08. The lowest BCUT2D eigenvalue weighted by molar-refractivity contribution is 0.230. The van der Waals surface area contributed by atoms with Crippen LogP contribution in [0.5, 0.6) is 0 Å². The summed E-state index contributed by atoms with van der Waals surface area (Å²) >= 11 is 5.88. The third-order valence-corrected chi connectivity index (χ3v) is 3.35. The highest BCUT2D eigenvalue weighted by atomic mass is 35.5. The molecule has 0 fully saturated rings. The second-order valence-corrected chi connectivity index (χ2v) is 5.43. The predicted molar refractivity (Wildman–Crippen MR) is 86.6 cm³/mol. The first-order valence-electron chi connectivity index (χ1n) is 6.64. The average Bonchev–Trinajstić information content (AvgIpc) is 2.91. The van der Waals surface area contributed by atoms with Gasteiger partial charge in [-0.1, -0.05) is 11.6 Å². The van der Waals surface area contributed by atoms with E-state index in [4.69, 9.17) is 11.6 Å². The van der Waals surface area contributed by atoms with Gasteiger partial charge in [-0.2, -0.15) is 4.80 Å². The number of amides is 2. The minimum atomic E-state index is -0.190. The summed E-state index contributed by atoms with van der Waals surface area (Å²) in [4.78, 5) is 14.7. The molecule has 0 aliphatic carbocycles. The van der Waals surface area contributed by atoms with Crippen molar-refractivity contribution < 1.29 is 4.79 Å². The molecule has 0 radical (unpaired) electrons. The summed E-state index contributed by atoms with van der Waals surface area (Å²) in [5.41, 5.74) is 2.94. The molecule has 112 valence electrons. The molecule has 0 bridgehead atoms. The van der Waals surface area contributed by atoms with E-state index in [-0.39, 0.29) is 6.03 Å². The van der Waals surface area contributed by atoms with Crippen molar-refractivity contribution in [1.82, 2.24) is 19.9 Å². The molecule has 0 aliphatic heterocycles. The molecule has 0 aliphatic rings. The van der Waals surface area contributed by atoms with E-state index in [0.717, 1.165) is 11.2 Å². The number of urea groups is 1. The van der Waals surface area contributed by atoms with E-state index in [1.807, 2.05) is 18.2 Å². The van der Waals surface area contributed by atoms with Gasteiger partial charge in [0, 0.05) is 24.8 Å². The zero-order valence-electron chi connectivity index (χ0n) is 12.1. The van der Waals surface area contributed by atoms with Crippen LogP contribution in [-0.4, -0.2) is 40.0 Å². The van der Waals surface area contributed by atoms with Gasteiger partial charge in [0.25, 0.3) is 0 Å². The Morgan fingerprint density at radius 1 is 1.09 bits per heavy atom. The minimum absolute atomic E-state index is 0.190. The van der Waals surface area contributed by atoms with Crippen LogP contribution in [0.2, 0.25) is 5.02 Å². The summed E-state index contributed by atoms with van der Waals surface area (Å²) < 4.78 is 0. The third kappa shape index (κ3) is 2.87. The van der Waals surface area contributed by atoms with E-state index in [1.165, 1.54) is 4.90 Å². The van der Waals surface area contributed by atoms with Gasteiger partial charge in [0.15, 0.2) is 0 Å². The Morgan fingerprint density at radius 3 is 2.45 bits per heavy atom. The Hall–Kier alpha value is -2.60. The lowest BCUT2D eigenvalue weighted by Crippen LogP contribution is -2.27. The van der Waals surface area contributed by atoms with Crippen molar-refractivity contribution in [2.75, 3.05) is 19.4 Å². The van der Waals surface area contributed by atoms with Gasteiger partial charge >= 0.3 is 6.03 Å². The van der Waals surface area contributed by atoms with E-state index in [0.29, 0.717) is 16.2 Å². The fraction of sp³-hybridized carbons (Fsp3) is 0.133. The number of hydrogen-bond donors (Lipinski definition) is 1. The SMILES string of the molecule is CN(C)C(=O)Nc1ccc2nn(-c3ccc(Cl)cc3)nc2c1. The normalized spacial score (nSPS) is 10.7. The van der Waals surface area contributed by atoms with Gasteiger partial charge in [0.2, 0.25) is 0 Å². The minimum Gasteiger partial charge on any atom is -0.331 e. The van der Waals surface area contributed by atoms with Gasteiger partial charge in [0.1, 0.15) is 11.0 Å². The number of rotatable bonds is 2. The van der Waals surface area contributed by atoms with Crippen molar-refractivity contribution in [2.45, 2.75) is 0 Å². The first-order valence-corrected chi connectivity index (χ1v) is 7.02. The number of halogens is 1. The zero-order valence-corrected chi connectivity index (χ0v) is 12.9. The highest BCUT2D eigenvalue weighted by molar-refractivity contribution is 6.30. The van der Waals surface area contributed by atoms with E-state index >= 15 is 0 Å². The monoisotopic (exact) mass is 315 g/mol. The van der Waals surface area contributed by atoms with Crippen molar-refractivity contribution in [1.29, 1.82) is 0 Å². The fourth-order valence-corrected chi connectivity index (χ4v) is 2.04. The highest BCUT2D eigenvalue weighted by Crippen LogP contribution is 2.18. The Morgan fingerprint density at radius 2 is 1.77 bits per heavy atom. The number of carbonyl (C=O) groups is 1. The third-order valence-electron chi connectivity index (χ3n) is 3.10. The molecule has 22 heavy (non-hydrogen) atoms. The van der Waals surface area contributed by atoms with E-state index in [1.54, 1.807) is 43.2 Å². The van der Waals surface area contributed by atoms with Crippen LogP contribution in [0.25, 0.3) is 16.7 Å². The van der Waals surface area contributed by atoms with Crippen LogP contribution in [0.1, 0.15) is 0 Å². The molecule has 7 heteroatoms. The van der Waals surface area contributed by atoms with Crippen molar-refractivity contribution in [2.24, 2.45) is 0 Å². The molecule has 2 amide bonds. The number of hydrogen-bond acceptors (Lipinski definition) is 3. The van der Waals surface area contributed by atoms with Gasteiger partial charge in [-0.05, 0) is 42.5 Å². The maximum absolute atomic E-state index is 11.7. The summed E-state index contributed by atoms with van der Waals surface area (Å²) in [5.74, 6) is 0. The summed E-state index contributed by atoms with van der Waals surface area (Å²) in [5, 5.41) is 12.3. The van der Waals surface area contributed by atoms with Crippen LogP contribution >= 0.6 is 11.6 Å². The molecule has 0 spiro atoms. The Kier molecular flexibility index (Phi) is 3.68. The molecule has 2 aromatic carbocycles. The number of benzene rings is 2. The van der Waals surface area contributed by atoms with Crippen LogP contribution in [0.4, 0.5) is 10.5 Å². The Bertz CT molecular complexity index is 826. The summed E-state index contributed by atoms with van der Waals surface area (Å²) in [6.45, 7) is 0. The maximum atomic E-state index is 11.7. The maximum Gasteiger partial charge on any atom is 0.321 e. The molecular formula is C15H14ClN5O. The molecule has 0 saturated heterocycles.